The summed E-state index contributed by atoms with van der Waals surface area (Å²) in [5.41, 5.74) is 2.57. The van der Waals surface area contributed by atoms with Crippen LogP contribution in [0.5, 0.6) is 0 Å². The van der Waals surface area contributed by atoms with E-state index in [1.807, 2.05) is 39.9 Å². The SMILES string of the molecule is O=C(C1CC=CCC1)N1CCC(c2nnc3ccc(-c4cccnc4)nn23)CC1. The van der Waals surface area contributed by atoms with Crippen LogP contribution in [0.2, 0.25) is 0 Å². The maximum atomic E-state index is 12.8. The topological polar surface area (TPSA) is 76.3 Å². The van der Waals surface area contributed by atoms with E-state index in [0.29, 0.717) is 5.91 Å². The van der Waals surface area contributed by atoms with Crippen LogP contribution in [0, 0.1) is 5.92 Å². The van der Waals surface area contributed by atoms with E-state index in [-0.39, 0.29) is 11.8 Å². The monoisotopic (exact) mass is 388 g/mol. The van der Waals surface area contributed by atoms with Gasteiger partial charge in [0.1, 0.15) is 0 Å². The third-order valence-electron chi connectivity index (χ3n) is 6.03. The van der Waals surface area contributed by atoms with E-state index in [4.69, 9.17) is 5.10 Å². The summed E-state index contributed by atoms with van der Waals surface area (Å²) < 4.78 is 1.86. The summed E-state index contributed by atoms with van der Waals surface area (Å²) in [4.78, 5) is 19.0. The lowest BCUT2D eigenvalue weighted by Gasteiger charge is -2.34. The number of amides is 1. The Bertz CT molecular complexity index is 1040. The van der Waals surface area contributed by atoms with E-state index in [9.17, 15) is 4.79 Å². The van der Waals surface area contributed by atoms with Crippen molar-refractivity contribution in [1.82, 2.24) is 29.7 Å². The lowest BCUT2D eigenvalue weighted by Crippen LogP contribution is -2.41. The molecular weight excluding hydrogens is 364 g/mol. The number of hydrogen-bond donors (Lipinski definition) is 0. The quantitative estimate of drug-likeness (QED) is 0.644. The Kier molecular flexibility index (Phi) is 4.79. The molecule has 7 nitrogen and oxygen atoms in total. The van der Waals surface area contributed by atoms with E-state index in [1.54, 1.807) is 6.20 Å². The maximum Gasteiger partial charge on any atom is 0.226 e. The number of carbonyl (C=O) groups is 1. The van der Waals surface area contributed by atoms with Crippen molar-refractivity contribution in [2.24, 2.45) is 5.92 Å². The number of likely N-dealkylation sites (tertiary alicyclic amines) is 1. The molecule has 0 saturated carbocycles. The lowest BCUT2D eigenvalue weighted by atomic mass is 9.90. The zero-order chi connectivity index (χ0) is 19.6. The number of hydrogen-bond acceptors (Lipinski definition) is 5. The Morgan fingerprint density at radius 1 is 1.03 bits per heavy atom. The van der Waals surface area contributed by atoms with E-state index in [2.05, 4.69) is 27.3 Å². The number of carbonyl (C=O) groups excluding carboxylic acids is 1. The summed E-state index contributed by atoms with van der Waals surface area (Å²) in [6, 6.07) is 7.80. The average Bonchev–Trinajstić information content (AvgIpc) is 3.23. The summed E-state index contributed by atoms with van der Waals surface area (Å²) in [6.45, 7) is 1.56. The van der Waals surface area contributed by atoms with Gasteiger partial charge in [0.15, 0.2) is 11.5 Å². The van der Waals surface area contributed by atoms with Crippen LogP contribution in [-0.2, 0) is 4.79 Å². The molecule has 0 bridgehead atoms. The van der Waals surface area contributed by atoms with Crippen LogP contribution < -0.4 is 0 Å². The molecule has 1 atom stereocenters. The molecule has 29 heavy (non-hydrogen) atoms. The molecule has 3 aromatic rings. The van der Waals surface area contributed by atoms with E-state index < -0.39 is 0 Å². The summed E-state index contributed by atoms with van der Waals surface area (Å²) in [5, 5.41) is 13.5. The lowest BCUT2D eigenvalue weighted by molar-refractivity contribution is -0.136. The van der Waals surface area contributed by atoms with Gasteiger partial charge in [-0.25, -0.2) is 0 Å². The van der Waals surface area contributed by atoms with Crippen LogP contribution in [0.15, 0.2) is 48.8 Å². The van der Waals surface area contributed by atoms with Gasteiger partial charge in [0.25, 0.3) is 0 Å². The highest BCUT2D eigenvalue weighted by Gasteiger charge is 2.30. The number of aromatic nitrogens is 5. The average molecular weight is 388 g/mol. The first kappa shape index (κ1) is 18.0. The molecule has 0 aromatic carbocycles. The zero-order valence-corrected chi connectivity index (χ0v) is 16.3. The molecule has 1 aliphatic heterocycles. The molecule has 2 aliphatic rings. The highest BCUT2D eigenvalue weighted by atomic mass is 16.2. The molecular formula is C22H24N6O. The Hall–Kier alpha value is -3.09. The summed E-state index contributed by atoms with van der Waals surface area (Å²) in [6.07, 6.45) is 12.6. The molecule has 148 valence electrons. The van der Waals surface area contributed by atoms with Crippen molar-refractivity contribution in [3.05, 3.63) is 54.6 Å². The smallest absolute Gasteiger partial charge is 0.226 e. The molecule has 1 amide bonds. The second kappa shape index (κ2) is 7.73. The molecule has 3 aromatic heterocycles. The van der Waals surface area contributed by atoms with Gasteiger partial charge in [-0.15, -0.1) is 10.2 Å². The minimum Gasteiger partial charge on any atom is -0.342 e. The molecule has 0 N–H and O–H groups in total. The molecule has 0 radical (unpaired) electrons. The Morgan fingerprint density at radius 2 is 1.93 bits per heavy atom. The van der Waals surface area contributed by atoms with Crippen LogP contribution in [0.4, 0.5) is 0 Å². The van der Waals surface area contributed by atoms with Gasteiger partial charge >= 0.3 is 0 Å². The maximum absolute atomic E-state index is 12.8. The number of allylic oxidation sites excluding steroid dienone is 2. The minimum atomic E-state index is 0.161. The van der Waals surface area contributed by atoms with Crippen molar-refractivity contribution in [2.45, 2.75) is 38.0 Å². The molecule has 1 saturated heterocycles. The fraction of sp³-hybridized carbons (Fsp3) is 0.409. The van der Waals surface area contributed by atoms with Crippen molar-refractivity contribution < 1.29 is 4.79 Å². The van der Waals surface area contributed by atoms with Crippen LogP contribution >= 0.6 is 0 Å². The van der Waals surface area contributed by atoms with Crippen molar-refractivity contribution in [2.75, 3.05) is 13.1 Å². The fourth-order valence-electron chi connectivity index (χ4n) is 4.36. The third kappa shape index (κ3) is 3.52. The van der Waals surface area contributed by atoms with Crippen molar-refractivity contribution in [3.63, 3.8) is 0 Å². The normalized spacial score (nSPS) is 20.3. The largest absolute Gasteiger partial charge is 0.342 e. The van der Waals surface area contributed by atoms with Gasteiger partial charge in [0.2, 0.25) is 5.91 Å². The van der Waals surface area contributed by atoms with E-state index >= 15 is 0 Å². The van der Waals surface area contributed by atoms with Gasteiger partial charge in [0, 0.05) is 42.9 Å². The number of nitrogens with zero attached hydrogens (tertiary/aromatic N) is 6. The van der Waals surface area contributed by atoms with Crippen molar-refractivity contribution in [3.8, 4) is 11.3 Å². The van der Waals surface area contributed by atoms with Gasteiger partial charge in [-0.1, -0.05) is 12.2 Å². The molecule has 4 heterocycles. The number of fused-ring (bicyclic) bond motifs is 1. The van der Waals surface area contributed by atoms with Crippen LogP contribution in [0.3, 0.4) is 0 Å². The van der Waals surface area contributed by atoms with Gasteiger partial charge < -0.3 is 4.90 Å². The standard InChI is InChI=1S/C22H24N6O/c29-22(17-5-2-1-3-6-17)27-13-10-16(11-14-27)21-25-24-20-9-8-19(26-28(20)21)18-7-4-12-23-15-18/h1-2,4,7-9,12,15-17H,3,5-6,10-11,13-14H2. The number of piperidine rings is 1. The summed E-state index contributed by atoms with van der Waals surface area (Å²) >= 11 is 0. The first-order valence-corrected chi connectivity index (χ1v) is 10.4. The van der Waals surface area contributed by atoms with E-state index in [1.165, 1.54) is 0 Å². The first-order valence-electron chi connectivity index (χ1n) is 10.4. The van der Waals surface area contributed by atoms with E-state index in [0.717, 1.165) is 67.9 Å². The second-order valence-electron chi connectivity index (χ2n) is 7.87. The van der Waals surface area contributed by atoms with Crippen molar-refractivity contribution >= 4 is 11.6 Å². The summed E-state index contributed by atoms with van der Waals surface area (Å²) in [5.74, 6) is 1.63. The molecule has 1 fully saturated rings. The Balaban J connectivity index is 1.33. The molecule has 0 spiro atoms. The molecule has 1 unspecified atom stereocenters. The van der Waals surface area contributed by atoms with Crippen molar-refractivity contribution in [1.29, 1.82) is 0 Å². The first-order chi connectivity index (χ1) is 14.3. The zero-order valence-electron chi connectivity index (χ0n) is 16.3. The predicted octanol–water partition coefficient (Wildman–Crippen LogP) is 3.25. The van der Waals surface area contributed by atoms with Gasteiger partial charge in [-0.2, -0.15) is 9.61 Å². The highest BCUT2D eigenvalue weighted by Crippen LogP contribution is 2.29. The third-order valence-corrected chi connectivity index (χ3v) is 6.03. The van der Waals surface area contributed by atoms with Gasteiger partial charge in [-0.3, -0.25) is 9.78 Å². The Labute approximate surface area is 169 Å². The highest BCUT2D eigenvalue weighted by molar-refractivity contribution is 5.79. The van der Waals surface area contributed by atoms with Gasteiger partial charge in [0.05, 0.1) is 5.69 Å². The minimum absolute atomic E-state index is 0.161. The Morgan fingerprint density at radius 3 is 2.69 bits per heavy atom. The predicted molar refractivity (Wildman–Crippen MR) is 109 cm³/mol. The molecule has 7 heteroatoms. The number of rotatable bonds is 3. The molecule has 5 rings (SSSR count). The van der Waals surface area contributed by atoms with Crippen LogP contribution in [0.25, 0.3) is 16.9 Å². The van der Waals surface area contributed by atoms with Crippen LogP contribution in [-0.4, -0.2) is 48.7 Å². The van der Waals surface area contributed by atoms with Crippen LogP contribution in [0.1, 0.15) is 43.8 Å². The fourth-order valence-corrected chi connectivity index (χ4v) is 4.36. The number of pyridine rings is 1. The second-order valence-corrected chi connectivity index (χ2v) is 7.87. The van der Waals surface area contributed by atoms with Gasteiger partial charge in [-0.05, 0) is 56.4 Å². The molecule has 1 aliphatic carbocycles. The summed E-state index contributed by atoms with van der Waals surface area (Å²) in [7, 11) is 0.